The van der Waals surface area contributed by atoms with Crippen molar-refractivity contribution in [2.75, 3.05) is 14.1 Å². The minimum atomic E-state index is -0.503. The molecule has 0 aromatic heterocycles. The second kappa shape index (κ2) is 6.16. The van der Waals surface area contributed by atoms with Crippen LogP contribution in [0.15, 0.2) is 18.2 Å². The van der Waals surface area contributed by atoms with Crippen molar-refractivity contribution in [1.29, 1.82) is 0 Å². The first-order valence-electron chi connectivity index (χ1n) is 7.07. The Hall–Kier alpha value is -1.04. The molecule has 20 heavy (non-hydrogen) atoms. The van der Waals surface area contributed by atoms with Crippen molar-refractivity contribution in [2.45, 2.75) is 43.7 Å². The van der Waals surface area contributed by atoms with Gasteiger partial charge >= 0.3 is 0 Å². The first-order chi connectivity index (χ1) is 9.51. The minimum absolute atomic E-state index is 0.114. The molecule has 1 saturated carbocycles. The van der Waals surface area contributed by atoms with Gasteiger partial charge in [0.25, 0.3) is 0 Å². The zero-order valence-corrected chi connectivity index (χ0v) is 12.1. The van der Waals surface area contributed by atoms with E-state index in [0.29, 0.717) is 0 Å². The minimum Gasteiger partial charge on any atom is -0.302 e. The van der Waals surface area contributed by atoms with Gasteiger partial charge in [-0.05, 0) is 45.5 Å². The molecule has 0 saturated heterocycles. The Morgan fingerprint density at radius 1 is 1.25 bits per heavy atom. The summed E-state index contributed by atoms with van der Waals surface area (Å²) in [5.41, 5.74) is 2.77. The molecule has 1 aromatic rings. The van der Waals surface area contributed by atoms with Crippen molar-refractivity contribution in [3.8, 4) is 0 Å². The van der Waals surface area contributed by atoms with E-state index in [-0.39, 0.29) is 23.6 Å². The zero-order valence-electron chi connectivity index (χ0n) is 12.1. The highest BCUT2D eigenvalue weighted by molar-refractivity contribution is 5.22. The lowest BCUT2D eigenvalue weighted by Crippen LogP contribution is -2.60. The van der Waals surface area contributed by atoms with E-state index >= 15 is 0 Å². The van der Waals surface area contributed by atoms with Crippen molar-refractivity contribution in [3.63, 3.8) is 0 Å². The zero-order chi connectivity index (χ0) is 14.8. The molecule has 0 spiro atoms. The summed E-state index contributed by atoms with van der Waals surface area (Å²) in [6, 6.07) is 3.80. The van der Waals surface area contributed by atoms with Gasteiger partial charge in [-0.15, -0.1) is 0 Å². The van der Waals surface area contributed by atoms with Crippen LogP contribution in [0.5, 0.6) is 0 Å². The Balaban J connectivity index is 2.28. The van der Waals surface area contributed by atoms with Crippen molar-refractivity contribution in [2.24, 2.45) is 5.84 Å². The average molecular weight is 283 g/mol. The first kappa shape index (κ1) is 15.4. The van der Waals surface area contributed by atoms with Crippen LogP contribution in [0.25, 0.3) is 0 Å². The lowest BCUT2D eigenvalue weighted by molar-refractivity contribution is 0.103. The van der Waals surface area contributed by atoms with Gasteiger partial charge in [0.2, 0.25) is 0 Å². The highest BCUT2D eigenvalue weighted by atomic mass is 19.1. The number of halogens is 2. The number of hydrogen-bond donors (Lipinski definition) is 2. The Morgan fingerprint density at radius 3 is 2.25 bits per heavy atom. The summed E-state index contributed by atoms with van der Waals surface area (Å²) in [6.07, 6.45) is 4.48. The molecule has 2 rings (SSSR count). The lowest BCUT2D eigenvalue weighted by atomic mass is 9.83. The van der Waals surface area contributed by atoms with Gasteiger partial charge in [-0.3, -0.25) is 11.3 Å². The summed E-state index contributed by atoms with van der Waals surface area (Å²) >= 11 is 0. The molecular formula is C15H23F2N3. The van der Waals surface area contributed by atoms with E-state index in [9.17, 15) is 8.78 Å². The summed E-state index contributed by atoms with van der Waals surface area (Å²) in [7, 11) is 4.01. The van der Waals surface area contributed by atoms with E-state index in [4.69, 9.17) is 5.84 Å². The number of likely N-dealkylation sites (N-methyl/N-ethyl adjacent to an activating group) is 1. The van der Waals surface area contributed by atoms with Gasteiger partial charge in [-0.1, -0.05) is 18.9 Å². The summed E-state index contributed by atoms with van der Waals surface area (Å²) in [6.45, 7) is 0. The van der Waals surface area contributed by atoms with Crippen LogP contribution in [0, 0.1) is 11.6 Å². The number of nitrogens with zero attached hydrogens (tertiary/aromatic N) is 1. The van der Waals surface area contributed by atoms with E-state index in [1.54, 1.807) is 0 Å². The standard InChI is InChI=1S/C15H23F2N3/c1-20(2)15(8-3-4-9-15)14(19-18)10-11-12(16)6-5-7-13(11)17/h5-7,14,19H,3-4,8-10,18H2,1-2H3. The summed E-state index contributed by atoms with van der Waals surface area (Å²) in [5, 5.41) is 0. The Kier molecular flexibility index (Phi) is 4.73. The van der Waals surface area contributed by atoms with Crippen molar-refractivity contribution in [3.05, 3.63) is 35.4 Å². The third-order valence-corrected chi connectivity index (χ3v) is 4.68. The maximum atomic E-state index is 13.8. The van der Waals surface area contributed by atoms with Crippen LogP contribution in [-0.2, 0) is 6.42 Å². The fourth-order valence-electron chi connectivity index (χ4n) is 3.43. The summed E-state index contributed by atoms with van der Waals surface area (Å²) < 4.78 is 27.7. The van der Waals surface area contributed by atoms with Gasteiger partial charge in [0.15, 0.2) is 0 Å². The molecule has 0 radical (unpaired) electrons. The molecule has 3 N–H and O–H groups in total. The van der Waals surface area contributed by atoms with Gasteiger partial charge in [-0.25, -0.2) is 8.78 Å². The summed E-state index contributed by atoms with van der Waals surface area (Å²) in [4.78, 5) is 2.14. The van der Waals surface area contributed by atoms with E-state index in [0.717, 1.165) is 25.7 Å². The van der Waals surface area contributed by atoms with Gasteiger partial charge in [0.05, 0.1) is 0 Å². The fraction of sp³-hybridized carbons (Fsp3) is 0.600. The van der Waals surface area contributed by atoms with E-state index in [1.165, 1.54) is 18.2 Å². The molecule has 1 aromatic carbocycles. The maximum Gasteiger partial charge on any atom is 0.129 e. The molecular weight excluding hydrogens is 260 g/mol. The number of nitrogens with one attached hydrogen (secondary N) is 1. The number of benzene rings is 1. The predicted molar refractivity (Wildman–Crippen MR) is 76.1 cm³/mol. The first-order valence-corrected chi connectivity index (χ1v) is 7.07. The molecule has 1 unspecified atom stereocenters. The molecule has 0 heterocycles. The van der Waals surface area contributed by atoms with Crippen LogP contribution in [0.4, 0.5) is 8.78 Å². The van der Waals surface area contributed by atoms with Crippen molar-refractivity contribution in [1.82, 2.24) is 10.3 Å². The SMILES string of the molecule is CN(C)C1(C(Cc2c(F)cccc2F)NN)CCCC1. The van der Waals surface area contributed by atoms with E-state index in [1.807, 2.05) is 14.1 Å². The largest absolute Gasteiger partial charge is 0.302 e. The van der Waals surface area contributed by atoms with E-state index in [2.05, 4.69) is 10.3 Å². The number of hydrogen-bond acceptors (Lipinski definition) is 3. The monoisotopic (exact) mass is 283 g/mol. The molecule has 1 atom stereocenters. The number of hydrazine groups is 1. The Morgan fingerprint density at radius 2 is 1.80 bits per heavy atom. The van der Waals surface area contributed by atoms with Crippen LogP contribution in [0.1, 0.15) is 31.2 Å². The highest BCUT2D eigenvalue weighted by Crippen LogP contribution is 2.38. The Labute approximate surface area is 119 Å². The van der Waals surface area contributed by atoms with Gasteiger partial charge < -0.3 is 4.90 Å². The van der Waals surface area contributed by atoms with Crippen molar-refractivity contribution >= 4 is 0 Å². The van der Waals surface area contributed by atoms with E-state index < -0.39 is 11.6 Å². The van der Waals surface area contributed by atoms with Gasteiger partial charge in [-0.2, -0.15) is 0 Å². The highest BCUT2D eigenvalue weighted by Gasteiger charge is 2.43. The molecule has 3 nitrogen and oxygen atoms in total. The quantitative estimate of drug-likeness (QED) is 0.643. The molecule has 0 bridgehead atoms. The smallest absolute Gasteiger partial charge is 0.129 e. The third-order valence-electron chi connectivity index (χ3n) is 4.68. The number of nitrogens with two attached hydrogens (primary N) is 1. The fourth-order valence-corrected chi connectivity index (χ4v) is 3.43. The molecule has 0 amide bonds. The van der Waals surface area contributed by atoms with Crippen LogP contribution in [0.3, 0.4) is 0 Å². The second-order valence-corrected chi connectivity index (χ2v) is 5.83. The predicted octanol–water partition coefficient (Wildman–Crippen LogP) is 2.21. The van der Waals surface area contributed by atoms with Crippen LogP contribution < -0.4 is 11.3 Å². The van der Waals surface area contributed by atoms with Gasteiger partial charge in [0.1, 0.15) is 11.6 Å². The van der Waals surface area contributed by atoms with Crippen LogP contribution in [-0.4, -0.2) is 30.6 Å². The average Bonchev–Trinajstić information content (AvgIpc) is 2.89. The summed E-state index contributed by atoms with van der Waals surface area (Å²) in [5.74, 6) is 4.70. The number of rotatable bonds is 5. The van der Waals surface area contributed by atoms with Crippen LogP contribution >= 0.6 is 0 Å². The van der Waals surface area contributed by atoms with Gasteiger partial charge in [0, 0.05) is 17.1 Å². The molecule has 5 heteroatoms. The third kappa shape index (κ3) is 2.71. The van der Waals surface area contributed by atoms with Crippen molar-refractivity contribution < 1.29 is 8.78 Å². The molecule has 1 aliphatic carbocycles. The normalized spacial score (nSPS) is 19.5. The molecule has 1 fully saturated rings. The lowest BCUT2D eigenvalue weighted by Gasteiger charge is -2.43. The molecule has 1 aliphatic rings. The maximum absolute atomic E-state index is 13.8. The Bertz CT molecular complexity index is 436. The molecule has 0 aliphatic heterocycles. The topological polar surface area (TPSA) is 41.3 Å². The second-order valence-electron chi connectivity index (χ2n) is 5.83. The molecule has 112 valence electrons. The van der Waals surface area contributed by atoms with Crippen LogP contribution in [0.2, 0.25) is 0 Å².